The van der Waals surface area contributed by atoms with Gasteiger partial charge >= 0.3 is 0 Å². The fraction of sp³-hybridized carbons (Fsp3) is 0.200. The van der Waals surface area contributed by atoms with Crippen molar-refractivity contribution < 1.29 is 0 Å². The number of hydrogen-bond acceptors (Lipinski definition) is 1. The van der Waals surface area contributed by atoms with E-state index in [9.17, 15) is 0 Å². The van der Waals surface area contributed by atoms with Gasteiger partial charge in [0.1, 0.15) is 0 Å². The van der Waals surface area contributed by atoms with Gasteiger partial charge in [0.05, 0.1) is 0 Å². The maximum absolute atomic E-state index is 5.86. The number of hydrogen-bond donors (Lipinski definition) is 0. The molecule has 0 aliphatic rings. The second-order valence-electron chi connectivity index (χ2n) is 2.51. The third kappa shape index (κ3) is 2.58. The first-order chi connectivity index (χ1) is 5.74. The van der Waals surface area contributed by atoms with Crippen LogP contribution in [0, 0.1) is 6.92 Å². The van der Waals surface area contributed by atoms with E-state index in [0.717, 1.165) is 10.8 Å². The van der Waals surface area contributed by atoms with Crippen molar-refractivity contribution in [3.05, 3.63) is 41.4 Å². The molecule has 0 unspecified atom stereocenters. The third-order valence-electron chi connectivity index (χ3n) is 1.51. The van der Waals surface area contributed by atoms with Gasteiger partial charge in [0.15, 0.2) is 0 Å². The van der Waals surface area contributed by atoms with Gasteiger partial charge in [-0.3, -0.25) is 0 Å². The molecule has 0 aliphatic carbocycles. The van der Waals surface area contributed by atoms with Gasteiger partial charge in [-0.25, -0.2) is 0 Å². The summed E-state index contributed by atoms with van der Waals surface area (Å²) in [6.45, 7) is 5.76. The Hall–Kier alpha value is -0.400. The highest BCUT2D eigenvalue weighted by Crippen LogP contribution is 2.25. The van der Waals surface area contributed by atoms with Gasteiger partial charge in [0, 0.05) is 15.7 Å². The minimum absolute atomic E-state index is 0.798. The van der Waals surface area contributed by atoms with Crippen LogP contribution in [0.1, 0.15) is 5.56 Å². The van der Waals surface area contributed by atoms with Crippen molar-refractivity contribution in [2.24, 2.45) is 0 Å². The van der Waals surface area contributed by atoms with E-state index >= 15 is 0 Å². The predicted molar refractivity (Wildman–Crippen MR) is 57.1 cm³/mol. The summed E-state index contributed by atoms with van der Waals surface area (Å²) in [4.78, 5) is 1.24. The van der Waals surface area contributed by atoms with Crippen LogP contribution in [0.2, 0.25) is 5.02 Å². The van der Waals surface area contributed by atoms with Crippen LogP contribution in [0.3, 0.4) is 0 Å². The molecule has 0 saturated carbocycles. The van der Waals surface area contributed by atoms with Crippen LogP contribution in [-0.4, -0.2) is 5.75 Å². The molecule has 0 atom stereocenters. The topological polar surface area (TPSA) is 0 Å². The van der Waals surface area contributed by atoms with Crippen LogP contribution in [0.5, 0.6) is 0 Å². The largest absolute Gasteiger partial charge is 0.122 e. The number of halogens is 1. The molecule has 1 aromatic carbocycles. The van der Waals surface area contributed by atoms with Gasteiger partial charge in [-0.2, -0.15) is 0 Å². The molecule has 64 valence electrons. The highest BCUT2D eigenvalue weighted by molar-refractivity contribution is 7.99. The van der Waals surface area contributed by atoms with Crippen molar-refractivity contribution in [2.75, 3.05) is 5.75 Å². The Morgan fingerprint density at radius 3 is 3.00 bits per heavy atom. The van der Waals surface area contributed by atoms with Crippen molar-refractivity contribution in [3.8, 4) is 0 Å². The molecule has 0 saturated heterocycles. The Morgan fingerprint density at radius 1 is 1.58 bits per heavy atom. The van der Waals surface area contributed by atoms with Gasteiger partial charge in [-0.05, 0) is 24.6 Å². The molecule has 0 aliphatic heterocycles. The van der Waals surface area contributed by atoms with Crippen LogP contribution in [-0.2, 0) is 0 Å². The molecule has 0 bridgehead atoms. The normalized spacial score (nSPS) is 9.83. The van der Waals surface area contributed by atoms with Crippen LogP contribution in [0.4, 0.5) is 0 Å². The second-order valence-corrected chi connectivity index (χ2v) is 4.01. The van der Waals surface area contributed by atoms with Crippen LogP contribution in [0.15, 0.2) is 35.7 Å². The summed E-state index contributed by atoms with van der Waals surface area (Å²) in [7, 11) is 0. The van der Waals surface area contributed by atoms with E-state index in [1.165, 1.54) is 10.5 Å². The third-order valence-corrected chi connectivity index (χ3v) is 2.90. The Morgan fingerprint density at radius 2 is 2.33 bits per heavy atom. The molecule has 0 heterocycles. The second kappa shape index (κ2) is 4.58. The Kier molecular flexibility index (Phi) is 3.70. The minimum Gasteiger partial charge on any atom is -0.122 e. The van der Waals surface area contributed by atoms with Crippen LogP contribution < -0.4 is 0 Å². The zero-order valence-corrected chi connectivity index (χ0v) is 8.58. The van der Waals surface area contributed by atoms with Gasteiger partial charge in [0.25, 0.3) is 0 Å². The standard InChI is InChI=1S/C10H11ClS/c1-3-6-12-10-7-9(11)5-4-8(10)2/h3-5,7H,1,6H2,2H3. The molecule has 0 spiro atoms. The van der Waals surface area contributed by atoms with E-state index in [1.54, 1.807) is 11.8 Å². The minimum atomic E-state index is 0.798. The molecule has 0 N–H and O–H groups in total. The molecule has 0 nitrogen and oxygen atoms in total. The molecule has 0 aromatic heterocycles. The molecule has 0 radical (unpaired) electrons. The Bertz CT molecular complexity index is 281. The molecular weight excluding hydrogens is 188 g/mol. The number of rotatable bonds is 3. The molecule has 2 heteroatoms. The quantitative estimate of drug-likeness (QED) is 0.524. The number of benzene rings is 1. The van der Waals surface area contributed by atoms with Gasteiger partial charge in [-0.1, -0.05) is 23.7 Å². The van der Waals surface area contributed by atoms with Crippen molar-refractivity contribution >= 4 is 23.4 Å². The number of thioether (sulfide) groups is 1. The zero-order chi connectivity index (χ0) is 8.97. The van der Waals surface area contributed by atoms with E-state index in [0.29, 0.717) is 0 Å². The average molecular weight is 199 g/mol. The van der Waals surface area contributed by atoms with Crippen molar-refractivity contribution in [1.29, 1.82) is 0 Å². The lowest BCUT2D eigenvalue weighted by Crippen LogP contribution is -1.79. The van der Waals surface area contributed by atoms with Gasteiger partial charge < -0.3 is 0 Å². The molecular formula is C10H11ClS. The first-order valence-corrected chi connectivity index (χ1v) is 5.10. The average Bonchev–Trinajstić information content (AvgIpc) is 2.07. The lowest BCUT2D eigenvalue weighted by atomic mass is 10.2. The fourth-order valence-corrected chi connectivity index (χ4v) is 1.92. The summed E-state index contributed by atoms with van der Waals surface area (Å²) in [6, 6.07) is 5.94. The van der Waals surface area contributed by atoms with Crippen molar-refractivity contribution in [2.45, 2.75) is 11.8 Å². The summed E-state index contributed by atoms with van der Waals surface area (Å²) in [6.07, 6.45) is 1.89. The first kappa shape index (κ1) is 9.69. The SMILES string of the molecule is C=CCSc1cc(Cl)ccc1C. The zero-order valence-electron chi connectivity index (χ0n) is 7.01. The van der Waals surface area contributed by atoms with E-state index in [4.69, 9.17) is 11.6 Å². The van der Waals surface area contributed by atoms with Crippen molar-refractivity contribution in [1.82, 2.24) is 0 Å². The van der Waals surface area contributed by atoms with E-state index in [2.05, 4.69) is 13.5 Å². The Labute approximate surface area is 82.6 Å². The molecule has 1 aromatic rings. The van der Waals surface area contributed by atoms with Crippen molar-refractivity contribution in [3.63, 3.8) is 0 Å². The van der Waals surface area contributed by atoms with Crippen LogP contribution in [0.25, 0.3) is 0 Å². The lowest BCUT2D eigenvalue weighted by molar-refractivity contribution is 1.30. The lowest BCUT2D eigenvalue weighted by Gasteiger charge is -2.03. The summed E-state index contributed by atoms with van der Waals surface area (Å²) in [5.41, 5.74) is 1.27. The predicted octanol–water partition coefficient (Wildman–Crippen LogP) is 3.93. The van der Waals surface area contributed by atoms with E-state index in [1.807, 2.05) is 24.3 Å². The summed E-state index contributed by atoms with van der Waals surface area (Å²) >= 11 is 7.62. The molecule has 0 fully saturated rings. The summed E-state index contributed by atoms with van der Waals surface area (Å²) in [5.74, 6) is 0.932. The summed E-state index contributed by atoms with van der Waals surface area (Å²) < 4.78 is 0. The maximum Gasteiger partial charge on any atom is 0.0417 e. The highest BCUT2D eigenvalue weighted by atomic mass is 35.5. The monoisotopic (exact) mass is 198 g/mol. The van der Waals surface area contributed by atoms with Gasteiger partial charge in [-0.15, -0.1) is 18.3 Å². The molecule has 1 rings (SSSR count). The Balaban J connectivity index is 2.82. The molecule has 0 amide bonds. The highest BCUT2D eigenvalue weighted by Gasteiger charge is 1.97. The maximum atomic E-state index is 5.86. The van der Waals surface area contributed by atoms with E-state index < -0.39 is 0 Å². The number of aryl methyl sites for hydroxylation is 1. The molecule has 12 heavy (non-hydrogen) atoms. The van der Waals surface area contributed by atoms with Crippen LogP contribution >= 0.6 is 23.4 Å². The smallest absolute Gasteiger partial charge is 0.0417 e. The van der Waals surface area contributed by atoms with Gasteiger partial charge in [0.2, 0.25) is 0 Å². The fourth-order valence-electron chi connectivity index (χ4n) is 0.878. The summed E-state index contributed by atoms with van der Waals surface area (Å²) in [5, 5.41) is 0.798. The van der Waals surface area contributed by atoms with E-state index in [-0.39, 0.29) is 0 Å². The first-order valence-electron chi connectivity index (χ1n) is 3.74.